The maximum Gasteiger partial charge on any atom is 0.324 e. The summed E-state index contributed by atoms with van der Waals surface area (Å²) in [4.78, 5) is 68.1. The molecule has 17 heteroatoms. The highest BCUT2D eigenvalue weighted by Gasteiger charge is 2.57. The van der Waals surface area contributed by atoms with Crippen molar-refractivity contribution >= 4 is 40.0 Å². The van der Waals surface area contributed by atoms with Crippen LogP contribution in [0.5, 0.6) is 0 Å². The lowest BCUT2D eigenvalue weighted by molar-refractivity contribution is -0.156. The van der Waals surface area contributed by atoms with Crippen molar-refractivity contribution in [3.05, 3.63) is 82.5 Å². The molecule has 3 N–H and O–H groups in total. The molecule has 4 aromatic heterocycles. The summed E-state index contributed by atoms with van der Waals surface area (Å²) in [5.74, 6) is -1.30. The van der Waals surface area contributed by atoms with Crippen LogP contribution in [0.2, 0.25) is 0 Å². The zero-order valence-electron chi connectivity index (χ0n) is 40.2. The molecule has 6 fully saturated rings. The fraction of sp³-hybridized carbons (Fsp3) is 0.558. The van der Waals surface area contributed by atoms with E-state index in [9.17, 15) is 9.59 Å². The molecule has 0 unspecified atom stereocenters. The molecule has 9 heterocycles. The molecular formula is C52H63N11O5S. The number of benzene rings is 1. The maximum atomic E-state index is 15.3. The van der Waals surface area contributed by atoms with Gasteiger partial charge in [-0.3, -0.25) is 34.2 Å². The van der Waals surface area contributed by atoms with Crippen molar-refractivity contribution in [2.75, 3.05) is 53.0 Å². The molecule has 2 aliphatic carbocycles. The minimum absolute atomic E-state index is 0.0174. The lowest BCUT2D eigenvalue weighted by Gasteiger charge is -2.59. The average Bonchev–Trinajstić information content (AvgIpc) is 4.20. The smallest absolute Gasteiger partial charge is 0.324 e. The number of likely N-dealkylation sites (tertiary alicyclic amines) is 2. The number of fused-ring (bicyclic) bond motifs is 6. The number of aromatic nitrogens is 5. The normalized spacial score (nSPS) is 28.6. The van der Waals surface area contributed by atoms with E-state index in [1.54, 1.807) is 18.3 Å². The molecule has 69 heavy (non-hydrogen) atoms. The summed E-state index contributed by atoms with van der Waals surface area (Å²) in [6.45, 7) is 13.3. The number of nitrogens with zero attached hydrogens (tertiary/aromatic N) is 8. The summed E-state index contributed by atoms with van der Waals surface area (Å²) < 4.78 is 14.8. The number of cyclic esters (lactones) is 1. The molecule has 2 saturated carbocycles. The van der Waals surface area contributed by atoms with Crippen molar-refractivity contribution in [3.63, 3.8) is 0 Å². The zero-order chi connectivity index (χ0) is 47.3. The van der Waals surface area contributed by atoms with E-state index < -0.39 is 29.5 Å². The van der Waals surface area contributed by atoms with Crippen molar-refractivity contribution in [1.82, 2.24) is 55.4 Å². The van der Waals surface area contributed by atoms with Crippen LogP contribution >= 0.6 is 11.3 Å². The van der Waals surface area contributed by atoms with E-state index in [0.717, 1.165) is 89.0 Å². The van der Waals surface area contributed by atoms with Gasteiger partial charge < -0.3 is 24.7 Å². The number of methoxy groups -OCH3 is 1. The van der Waals surface area contributed by atoms with Gasteiger partial charge in [-0.2, -0.15) is 0 Å². The number of thiazole rings is 1. The zero-order valence-corrected chi connectivity index (χ0v) is 41.0. The predicted octanol–water partition coefficient (Wildman–Crippen LogP) is 5.59. The molecule has 16 nitrogen and oxygen atoms in total. The van der Waals surface area contributed by atoms with Crippen LogP contribution in [-0.2, 0) is 30.3 Å². The Kier molecular flexibility index (Phi) is 11.3. The van der Waals surface area contributed by atoms with Crippen LogP contribution in [0.1, 0.15) is 106 Å². The molecule has 1 spiro atoms. The number of hydrogen-bond acceptors (Lipinski definition) is 14. The molecule has 4 saturated heterocycles. The van der Waals surface area contributed by atoms with E-state index in [1.165, 1.54) is 36.1 Å². The highest BCUT2D eigenvalue weighted by molar-refractivity contribution is 7.10. The van der Waals surface area contributed by atoms with Crippen molar-refractivity contribution in [2.24, 2.45) is 17.3 Å². The van der Waals surface area contributed by atoms with Crippen molar-refractivity contribution in [1.29, 1.82) is 0 Å². The predicted molar refractivity (Wildman–Crippen MR) is 261 cm³/mol. The van der Waals surface area contributed by atoms with E-state index in [4.69, 9.17) is 19.4 Å². The van der Waals surface area contributed by atoms with E-state index in [2.05, 4.69) is 97.7 Å². The van der Waals surface area contributed by atoms with Crippen LogP contribution in [-0.4, -0.2) is 134 Å². The summed E-state index contributed by atoms with van der Waals surface area (Å²) in [5, 5.41) is 12.5. The molecule has 7 aliphatic rings. The minimum atomic E-state index is -1.00. The molecule has 2 amide bonds. The van der Waals surface area contributed by atoms with Crippen LogP contribution < -0.4 is 16.1 Å². The lowest BCUT2D eigenvalue weighted by atomic mass is 9.78. The van der Waals surface area contributed by atoms with Crippen LogP contribution in [0.4, 0.5) is 0 Å². The Bertz CT molecular complexity index is 2790. The van der Waals surface area contributed by atoms with Gasteiger partial charge in [0.1, 0.15) is 23.4 Å². The Hall–Kier alpha value is -5.17. The number of hydrazine groups is 1. The first-order valence-corrected chi connectivity index (χ1v) is 25.9. The fourth-order valence-corrected chi connectivity index (χ4v) is 13.1. The number of carbonyl (C=O) groups excluding carboxylic acids is 3. The van der Waals surface area contributed by atoms with Gasteiger partial charge in [0, 0.05) is 114 Å². The Morgan fingerprint density at radius 1 is 1.04 bits per heavy atom. The number of ether oxygens (including phenoxy) is 2. The number of rotatable bonds is 9. The second-order valence-corrected chi connectivity index (χ2v) is 22.6. The maximum absolute atomic E-state index is 15.3. The summed E-state index contributed by atoms with van der Waals surface area (Å²) in [7, 11) is 1.73. The number of esters is 1. The van der Waals surface area contributed by atoms with E-state index in [-0.39, 0.29) is 53.9 Å². The molecular weight excluding hydrogens is 891 g/mol. The third kappa shape index (κ3) is 8.06. The van der Waals surface area contributed by atoms with Crippen LogP contribution in [0.3, 0.4) is 0 Å². The van der Waals surface area contributed by atoms with Crippen molar-refractivity contribution < 1.29 is 23.9 Å². The Morgan fingerprint density at radius 2 is 1.87 bits per heavy atom. The molecule has 12 rings (SSSR count). The second kappa shape index (κ2) is 17.3. The quantitative estimate of drug-likeness (QED) is 0.157. The average molecular weight is 954 g/mol. The summed E-state index contributed by atoms with van der Waals surface area (Å²) in [5.41, 5.74) is 10.8. The number of pyridine rings is 1. The summed E-state index contributed by atoms with van der Waals surface area (Å²) in [6, 6.07) is 11.4. The Morgan fingerprint density at radius 3 is 2.61 bits per heavy atom. The van der Waals surface area contributed by atoms with Crippen molar-refractivity contribution in [3.8, 4) is 22.5 Å². The van der Waals surface area contributed by atoms with Gasteiger partial charge in [-0.25, -0.2) is 20.4 Å². The van der Waals surface area contributed by atoms with Crippen molar-refractivity contribution in [2.45, 2.75) is 114 Å². The van der Waals surface area contributed by atoms with E-state index >= 15 is 4.79 Å². The number of nitrogens with one attached hydrogen (secondary N) is 3. The van der Waals surface area contributed by atoms with Gasteiger partial charge in [-0.15, -0.1) is 11.3 Å². The van der Waals surface area contributed by atoms with Gasteiger partial charge in [-0.1, -0.05) is 26.8 Å². The number of amides is 2. The molecule has 1 aromatic carbocycles. The van der Waals surface area contributed by atoms with Gasteiger partial charge in [0.15, 0.2) is 0 Å². The van der Waals surface area contributed by atoms with Gasteiger partial charge in [-0.05, 0) is 93.8 Å². The molecule has 5 aromatic rings. The SMILES string of the molecule is CO[C@@H](C)c1ncccc1-c1c2c3cc(ccc3n1C1CN(C3CC3)C1)-c1csc(n1)[C@@H](N1CC3(CCN3)C1)[C@H](NC(=O)[C@@H]1[C@@H](C)[C@H]1c1ccncn1)C(=O)N1CCC[C@H](N1)C(=O)OCC(C)(C)C2. The highest BCUT2D eigenvalue weighted by Crippen LogP contribution is 2.53. The molecule has 362 valence electrons. The van der Waals surface area contributed by atoms with Gasteiger partial charge >= 0.3 is 5.97 Å². The first kappa shape index (κ1) is 45.0. The second-order valence-electron chi connectivity index (χ2n) is 21.8. The highest BCUT2D eigenvalue weighted by atomic mass is 32.1. The largest absolute Gasteiger partial charge is 0.464 e. The van der Waals surface area contributed by atoms with Crippen LogP contribution in [0.15, 0.2) is 60.5 Å². The third-order valence-electron chi connectivity index (χ3n) is 16.3. The first-order valence-electron chi connectivity index (χ1n) is 25.0. The van der Waals surface area contributed by atoms with Crippen LogP contribution in [0, 0.1) is 17.3 Å². The van der Waals surface area contributed by atoms with E-state index in [0.29, 0.717) is 31.8 Å². The monoisotopic (exact) mass is 953 g/mol. The fourth-order valence-electron chi connectivity index (χ4n) is 12.1. The van der Waals surface area contributed by atoms with E-state index in [1.807, 2.05) is 18.3 Å². The summed E-state index contributed by atoms with van der Waals surface area (Å²) in [6.07, 6.45) is 10.1. The first-order chi connectivity index (χ1) is 33.4. The minimum Gasteiger partial charge on any atom is -0.464 e. The molecule has 6 bridgehead atoms. The lowest BCUT2D eigenvalue weighted by Crippen LogP contribution is -2.77. The van der Waals surface area contributed by atoms with Gasteiger partial charge in [0.2, 0.25) is 5.91 Å². The Labute approximate surface area is 406 Å². The molecule has 5 aliphatic heterocycles. The van der Waals surface area contributed by atoms with Gasteiger partial charge in [0.05, 0.1) is 41.9 Å². The Balaban J connectivity index is 0.996. The van der Waals surface area contributed by atoms with Crippen LogP contribution in [0.25, 0.3) is 33.4 Å². The number of hydrogen-bond donors (Lipinski definition) is 3. The summed E-state index contributed by atoms with van der Waals surface area (Å²) >= 11 is 1.53. The third-order valence-corrected chi connectivity index (χ3v) is 17.3. The topological polar surface area (TPSA) is 172 Å². The standard InChI is InChI=1S/C52H63N11O5S/c1-29-41(37-14-17-53-28-55-37)42(29)47(64)58-44-46(61-25-52(26-61)15-18-56-52)48-57-39(24-69-48)31-10-13-40-35(20-31)36(21-51(3,4)27-68-50(66)38-9-7-19-62(59-38)49(44)65)45(34-8-6-16-54-43(34)30(2)67-5)63(40)33-22-60(23-33)32-11-12-32/h6,8,10,13-14,16-17,20,24,28-30,32-33,38,41-42,44,46,56,59H,7,9,11-12,15,18-19,21-23,25-27H2,1-5H3,(H,58,64)/t29-,30-,38-,41-,42+,44-,46-/m0/s1. The van der Waals surface area contributed by atoms with Gasteiger partial charge in [0.25, 0.3) is 5.91 Å². The molecule has 7 atom stereocenters. The number of carbonyl (C=O) groups is 3. The molecule has 0 radical (unpaired) electrons.